The largest absolute Gasteiger partial charge is 0.466 e. The summed E-state index contributed by atoms with van der Waals surface area (Å²) in [6.07, 6.45) is 0.0974. The lowest BCUT2D eigenvalue weighted by atomic mass is 10.3. The highest BCUT2D eigenvalue weighted by Crippen LogP contribution is 2.24. The summed E-state index contributed by atoms with van der Waals surface area (Å²) in [6, 6.07) is -0.479. The molecule has 0 fully saturated rings. The van der Waals surface area contributed by atoms with Crippen molar-refractivity contribution in [1.29, 1.82) is 0 Å². The second-order valence-corrected chi connectivity index (χ2v) is 6.87. The number of carbonyl (C=O) groups is 2. The Kier molecular flexibility index (Phi) is 6.11. The van der Waals surface area contributed by atoms with Gasteiger partial charge < -0.3 is 10.1 Å². The van der Waals surface area contributed by atoms with Crippen molar-refractivity contribution in [2.75, 3.05) is 11.9 Å². The number of carbonyl (C=O) groups excluding carboxylic acids is 2. The van der Waals surface area contributed by atoms with E-state index in [1.807, 2.05) is 13.8 Å². The maximum absolute atomic E-state index is 12.4. The van der Waals surface area contributed by atoms with Gasteiger partial charge in [0.2, 0.25) is 0 Å². The number of rotatable bonds is 6. The molecule has 0 aromatic carbocycles. The van der Waals surface area contributed by atoms with E-state index < -0.39 is 6.04 Å². The normalized spacial score (nSPS) is 12.0. The van der Waals surface area contributed by atoms with Gasteiger partial charge in [0.1, 0.15) is 6.04 Å². The number of nitrogens with one attached hydrogen (secondary N) is 1. The highest BCUT2D eigenvalue weighted by Gasteiger charge is 2.21. The van der Waals surface area contributed by atoms with Gasteiger partial charge in [-0.2, -0.15) is 5.10 Å². The van der Waals surface area contributed by atoms with Crippen molar-refractivity contribution in [3.63, 3.8) is 0 Å². The van der Waals surface area contributed by atoms with Crippen LogP contribution in [0.15, 0.2) is 9.85 Å². The van der Waals surface area contributed by atoms with Gasteiger partial charge in [-0.05, 0) is 43.6 Å². The predicted octanol–water partition coefficient (Wildman–Crippen LogP) is 3.02. The number of anilines is 1. The molecule has 0 saturated carbocycles. The number of ether oxygens (including phenoxy) is 1. The number of hydrogen-bond donors (Lipinski definition) is 1. The van der Waals surface area contributed by atoms with E-state index in [1.54, 1.807) is 23.9 Å². The molecule has 2 aromatic rings. The van der Waals surface area contributed by atoms with E-state index in [9.17, 15) is 9.59 Å². The zero-order chi connectivity index (χ0) is 17.9. The van der Waals surface area contributed by atoms with Gasteiger partial charge in [0, 0.05) is 5.38 Å². The molecular formula is C15H19BrN4O3S. The second kappa shape index (κ2) is 7.89. The number of halogens is 1. The van der Waals surface area contributed by atoms with Gasteiger partial charge in [-0.3, -0.25) is 14.3 Å². The van der Waals surface area contributed by atoms with E-state index in [0.29, 0.717) is 17.4 Å². The molecule has 0 bridgehead atoms. The van der Waals surface area contributed by atoms with Crippen LogP contribution in [0.3, 0.4) is 0 Å². The maximum Gasteiger partial charge on any atom is 0.311 e. The Morgan fingerprint density at radius 1 is 1.46 bits per heavy atom. The minimum absolute atomic E-state index is 0.0974. The first-order valence-electron chi connectivity index (χ1n) is 7.45. The van der Waals surface area contributed by atoms with Crippen LogP contribution in [0.4, 0.5) is 5.13 Å². The molecule has 1 atom stereocenters. The molecule has 1 amide bonds. The number of esters is 1. The summed E-state index contributed by atoms with van der Waals surface area (Å²) in [4.78, 5) is 28.1. The summed E-state index contributed by atoms with van der Waals surface area (Å²) in [5.41, 5.74) is 2.30. The molecule has 1 unspecified atom stereocenters. The quantitative estimate of drug-likeness (QED) is 0.733. The first-order chi connectivity index (χ1) is 11.3. The van der Waals surface area contributed by atoms with E-state index >= 15 is 0 Å². The monoisotopic (exact) mass is 414 g/mol. The van der Waals surface area contributed by atoms with Crippen LogP contribution in [-0.4, -0.2) is 33.2 Å². The highest BCUT2D eigenvalue weighted by atomic mass is 79.9. The highest BCUT2D eigenvalue weighted by molar-refractivity contribution is 9.10. The van der Waals surface area contributed by atoms with Crippen LogP contribution in [0.2, 0.25) is 0 Å². The lowest BCUT2D eigenvalue weighted by Crippen LogP contribution is -2.25. The minimum Gasteiger partial charge on any atom is -0.466 e. The second-order valence-electron chi connectivity index (χ2n) is 5.22. The molecule has 0 aliphatic heterocycles. The van der Waals surface area contributed by atoms with Crippen molar-refractivity contribution in [3.05, 3.63) is 26.9 Å². The number of hydrogen-bond acceptors (Lipinski definition) is 6. The fraction of sp³-hybridized carbons (Fsp3) is 0.467. The minimum atomic E-state index is -0.479. The van der Waals surface area contributed by atoms with Gasteiger partial charge in [0.15, 0.2) is 5.13 Å². The summed E-state index contributed by atoms with van der Waals surface area (Å²) in [6.45, 7) is 7.63. The molecule has 7 nitrogen and oxygen atoms in total. The van der Waals surface area contributed by atoms with Gasteiger partial charge in [0.25, 0.3) is 5.91 Å². The molecule has 1 N–H and O–H groups in total. The number of thiazole rings is 1. The zero-order valence-corrected chi connectivity index (χ0v) is 16.3. The van der Waals surface area contributed by atoms with Crippen LogP contribution in [0.1, 0.15) is 37.0 Å². The molecule has 2 heterocycles. The predicted molar refractivity (Wildman–Crippen MR) is 95.2 cm³/mol. The van der Waals surface area contributed by atoms with Gasteiger partial charge in [0.05, 0.1) is 34.6 Å². The van der Waals surface area contributed by atoms with Crippen molar-refractivity contribution in [2.45, 2.75) is 40.2 Å². The summed E-state index contributed by atoms with van der Waals surface area (Å²) in [5.74, 6) is -0.549. The Labute approximate surface area is 152 Å². The Balaban J connectivity index is 2.03. The van der Waals surface area contributed by atoms with E-state index in [1.165, 1.54) is 11.3 Å². The summed E-state index contributed by atoms with van der Waals surface area (Å²) in [5, 5.41) is 9.31. The van der Waals surface area contributed by atoms with Crippen molar-refractivity contribution < 1.29 is 14.3 Å². The van der Waals surface area contributed by atoms with Gasteiger partial charge in [-0.1, -0.05) is 0 Å². The fourth-order valence-corrected chi connectivity index (χ4v) is 3.12. The Morgan fingerprint density at radius 2 is 2.17 bits per heavy atom. The molecule has 0 aliphatic carbocycles. The van der Waals surface area contributed by atoms with Crippen LogP contribution >= 0.6 is 27.3 Å². The van der Waals surface area contributed by atoms with Crippen LogP contribution < -0.4 is 5.32 Å². The van der Waals surface area contributed by atoms with Crippen molar-refractivity contribution in [2.24, 2.45) is 0 Å². The molecule has 0 saturated heterocycles. The van der Waals surface area contributed by atoms with Gasteiger partial charge in [-0.15, -0.1) is 11.3 Å². The number of amides is 1. The molecular weight excluding hydrogens is 396 g/mol. The Morgan fingerprint density at radius 3 is 2.75 bits per heavy atom. The Hall–Kier alpha value is -1.74. The van der Waals surface area contributed by atoms with Gasteiger partial charge >= 0.3 is 5.97 Å². The molecule has 0 spiro atoms. The van der Waals surface area contributed by atoms with Gasteiger partial charge in [-0.25, -0.2) is 4.98 Å². The van der Waals surface area contributed by atoms with Crippen molar-refractivity contribution >= 4 is 44.3 Å². The third-order valence-electron chi connectivity index (χ3n) is 3.40. The first-order valence-corrected chi connectivity index (χ1v) is 9.12. The lowest BCUT2D eigenvalue weighted by Gasteiger charge is -2.13. The number of aromatic nitrogens is 3. The number of aryl methyl sites for hydroxylation is 1. The van der Waals surface area contributed by atoms with E-state index in [2.05, 4.69) is 31.3 Å². The maximum atomic E-state index is 12.4. The molecule has 24 heavy (non-hydrogen) atoms. The number of nitrogens with zero attached hydrogens (tertiary/aromatic N) is 3. The van der Waals surface area contributed by atoms with E-state index in [4.69, 9.17) is 4.74 Å². The third-order valence-corrected chi connectivity index (χ3v) is 5.35. The third kappa shape index (κ3) is 4.21. The van der Waals surface area contributed by atoms with Crippen LogP contribution in [0, 0.1) is 13.8 Å². The average Bonchev–Trinajstić information content (AvgIpc) is 3.06. The summed E-state index contributed by atoms with van der Waals surface area (Å²) >= 11 is 4.73. The van der Waals surface area contributed by atoms with Crippen LogP contribution in [0.5, 0.6) is 0 Å². The summed E-state index contributed by atoms with van der Waals surface area (Å²) in [7, 11) is 0. The zero-order valence-electron chi connectivity index (χ0n) is 13.9. The molecule has 2 rings (SSSR count). The fourth-order valence-electron chi connectivity index (χ4n) is 2.15. The molecule has 0 aliphatic rings. The molecule has 2 aromatic heterocycles. The standard InChI is InChI=1S/C15H19BrN4O3S/c1-5-23-12(21)6-11-7-24-15(17-11)18-14(22)10(4)20-9(3)13(16)8(2)19-20/h7,10H,5-6H2,1-4H3,(H,17,18,22). The molecule has 9 heteroatoms. The van der Waals surface area contributed by atoms with Crippen LogP contribution in [-0.2, 0) is 20.7 Å². The van der Waals surface area contributed by atoms with E-state index in [-0.39, 0.29) is 18.3 Å². The topological polar surface area (TPSA) is 86.1 Å². The summed E-state index contributed by atoms with van der Waals surface area (Å²) < 4.78 is 7.45. The Bertz CT molecular complexity index is 756. The first kappa shape index (κ1) is 18.6. The molecule has 0 radical (unpaired) electrons. The van der Waals surface area contributed by atoms with Crippen molar-refractivity contribution in [1.82, 2.24) is 14.8 Å². The van der Waals surface area contributed by atoms with Crippen LogP contribution in [0.25, 0.3) is 0 Å². The lowest BCUT2D eigenvalue weighted by molar-refractivity contribution is -0.142. The van der Waals surface area contributed by atoms with Crippen molar-refractivity contribution in [3.8, 4) is 0 Å². The smallest absolute Gasteiger partial charge is 0.311 e. The molecule has 130 valence electrons. The average molecular weight is 415 g/mol. The van der Waals surface area contributed by atoms with E-state index in [0.717, 1.165) is 15.9 Å². The SMILES string of the molecule is CCOC(=O)Cc1csc(NC(=O)C(C)n2nc(C)c(Br)c2C)n1.